The highest BCUT2D eigenvalue weighted by Crippen LogP contribution is 2.31. The lowest BCUT2D eigenvalue weighted by molar-refractivity contribution is -0.136. The summed E-state index contributed by atoms with van der Waals surface area (Å²) in [5.41, 5.74) is 3.12. The first kappa shape index (κ1) is 26.7. The van der Waals surface area contributed by atoms with Crippen LogP contribution in [0.2, 0.25) is 0 Å². The van der Waals surface area contributed by atoms with Gasteiger partial charge in [0, 0.05) is 43.7 Å². The molecule has 3 aliphatic heterocycles. The predicted octanol–water partition coefficient (Wildman–Crippen LogP) is 2.90. The Morgan fingerprint density at radius 3 is 2.46 bits per heavy atom. The van der Waals surface area contributed by atoms with Crippen LogP contribution >= 0.6 is 0 Å². The Balaban J connectivity index is 1.19. The van der Waals surface area contributed by atoms with Crippen molar-refractivity contribution in [2.24, 2.45) is 0 Å². The number of benzene rings is 3. The number of hydrogen-bond acceptors (Lipinski definition) is 6. The zero-order valence-electron chi connectivity index (χ0n) is 22.6. The summed E-state index contributed by atoms with van der Waals surface area (Å²) in [5.74, 6) is -0.501. The van der Waals surface area contributed by atoms with Gasteiger partial charge in [-0.15, -0.1) is 0 Å². The van der Waals surface area contributed by atoms with Crippen LogP contribution in [0.3, 0.4) is 0 Å². The van der Waals surface area contributed by atoms with Gasteiger partial charge in [0.1, 0.15) is 17.9 Å². The van der Waals surface area contributed by atoms with Crippen molar-refractivity contribution in [1.82, 2.24) is 20.4 Å². The maximum atomic E-state index is 13.1. The molecule has 6 rings (SSSR count). The van der Waals surface area contributed by atoms with Gasteiger partial charge in [-0.05, 0) is 54.3 Å². The van der Waals surface area contributed by atoms with Gasteiger partial charge < -0.3 is 15.0 Å². The summed E-state index contributed by atoms with van der Waals surface area (Å²) < 4.78 is 6.54. The highest BCUT2D eigenvalue weighted by Gasteiger charge is 2.39. The summed E-state index contributed by atoms with van der Waals surface area (Å²) in [4.78, 5) is 54.0. The molecular weight excluding hydrogens is 520 g/mol. The van der Waals surface area contributed by atoms with Crippen molar-refractivity contribution in [3.63, 3.8) is 0 Å². The zero-order valence-corrected chi connectivity index (χ0v) is 22.6. The zero-order chi connectivity index (χ0) is 28.3. The summed E-state index contributed by atoms with van der Waals surface area (Å²) in [6.07, 6.45) is 0.933. The number of rotatable bonds is 7. The van der Waals surface area contributed by atoms with Crippen LogP contribution in [0.5, 0.6) is 5.75 Å². The molecule has 0 radical (unpaired) electrons. The Bertz CT molecular complexity index is 1460. The van der Waals surface area contributed by atoms with E-state index in [1.165, 1.54) is 10.5 Å². The van der Waals surface area contributed by atoms with Gasteiger partial charge in [0.25, 0.3) is 11.8 Å². The first-order chi connectivity index (χ1) is 19.9. The van der Waals surface area contributed by atoms with Gasteiger partial charge in [-0.2, -0.15) is 0 Å². The molecule has 0 aromatic heterocycles. The summed E-state index contributed by atoms with van der Waals surface area (Å²) in [6.45, 7) is 2.48. The predicted molar refractivity (Wildman–Crippen MR) is 151 cm³/mol. The van der Waals surface area contributed by atoms with Crippen molar-refractivity contribution in [1.29, 1.82) is 0 Å². The van der Waals surface area contributed by atoms with Gasteiger partial charge in [-0.25, -0.2) is 0 Å². The maximum Gasteiger partial charge on any atom is 0.255 e. The molecular formula is C32H32N4O5. The number of hydrogen-bond donors (Lipinski definition) is 2. The Morgan fingerprint density at radius 2 is 1.71 bits per heavy atom. The van der Waals surface area contributed by atoms with Crippen molar-refractivity contribution >= 4 is 23.6 Å². The summed E-state index contributed by atoms with van der Waals surface area (Å²) in [6, 6.07) is 23.9. The number of nitrogens with one attached hydrogen (secondary N) is 2. The molecule has 2 N–H and O–H groups in total. The van der Waals surface area contributed by atoms with E-state index in [0.29, 0.717) is 29.8 Å². The van der Waals surface area contributed by atoms with Crippen LogP contribution in [0.4, 0.5) is 0 Å². The highest BCUT2D eigenvalue weighted by molar-refractivity contribution is 6.05. The smallest absolute Gasteiger partial charge is 0.255 e. The minimum Gasteiger partial charge on any atom is -0.487 e. The lowest BCUT2D eigenvalue weighted by atomic mass is 10.00. The SMILES string of the molecule is O=C1CCC(N2Cc3cc(O[C@H]4CN(Cc5ccccc5)CC[C@@H]4NC(=O)c4ccccc4)ccc3C2=O)C(=O)N1. The van der Waals surface area contributed by atoms with Gasteiger partial charge in [-0.1, -0.05) is 48.5 Å². The minimum absolute atomic E-state index is 0.139. The highest BCUT2D eigenvalue weighted by atomic mass is 16.5. The van der Waals surface area contributed by atoms with E-state index < -0.39 is 11.9 Å². The molecule has 3 aliphatic rings. The van der Waals surface area contributed by atoms with Gasteiger partial charge >= 0.3 is 0 Å². The molecule has 0 aliphatic carbocycles. The molecule has 9 nitrogen and oxygen atoms in total. The first-order valence-electron chi connectivity index (χ1n) is 14.0. The molecule has 3 aromatic rings. The van der Waals surface area contributed by atoms with E-state index in [4.69, 9.17) is 4.74 Å². The maximum absolute atomic E-state index is 13.1. The number of ether oxygens (including phenoxy) is 1. The third-order valence-electron chi connectivity index (χ3n) is 8.03. The molecule has 9 heteroatoms. The number of carbonyl (C=O) groups excluding carboxylic acids is 4. The van der Waals surface area contributed by atoms with Crippen LogP contribution in [-0.2, 0) is 22.7 Å². The Morgan fingerprint density at radius 1 is 0.951 bits per heavy atom. The molecule has 210 valence electrons. The van der Waals surface area contributed by atoms with Crippen LogP contribution in [0, 0.1) is 0 Å². The fourth-order valence-corrected chi connectivity index (χ4v) is 5.89. The van der Waals surface area contributed by atoms with Crippen LogP contribution in [0.1, 0.15) is 51.1 Å². The monoisotopic (exact) mass is 552 g/mol. The van der Waals surface area contributed by atoms with Crippen LogP contribution in [0.15, 0.2) is 78.9 Å². The number of likely N-dealkylation sites (tertiary alicyclic amines) is 1. The second-order valence-corrected chi connectivity index (χ2v) is 10.8. The second kappa shape index (κ2) is 11.5. The van der Waals surface area contributed by atoms with Crippen molar-refractivity contribution in [2.45, 2.75) is 50.5 Å². The molecule has 0 saturated carbocycles. The number of carbonyl (C=O) groups is 4. The standard InChI is InChI=1S/C32H32N4O5/c37-29-14-13-27(31(39)34-29)36-19-23-17-24(11-12-25(23)32(36)40)41-28-20-35(18-21-7-3-1-4-8-21)16-15-26(28)33-30(38)22-9-5-2-6-10-22/h1-12,17,26-28H,13-16,18-20H2,(H,33,38)(H,34,37,39)/t26-,27?,28-/m0/s1. The van der Waals surface area contributed by atoms with Crippen molar-refractivity contribution < 1.29 is 23.9 Å². The fraction of sp³-hybridized carbons (Fsp3) is 0.312. The fourth-order valence-electron chi connectivity index (χ4n) is 5.89. The summed E-state index contributed by atoms with van der Waals surface area (Å²) in [5, 5.41) is 5.52. The van der Waals surface area contributed by atoms with Crippen LogP contribution < -0.4 is 15.4 Å². The average Bonchev–Trinajstić information content (AvgIpc) is 3.30. The van der Waals surface area contributed by atoms with Gasteiger partial charge in [0.2, 0.25) is 11.8 Å². The second-order valence-electron chi connectivity index (χ2n) is 10.8. The molecule has 2 saturated heterocycles. The number of fused-ring (bicyclic) bond motifs is 1. The Hall–Kier alpha value is -4.50. The number of amides is 4. The van der Waals surface area contributed by atoms with Crippen LogP contribution in [-0.4, -0.2) is 64.7 Å². The van der Waals surface area contributed by atoms with Crippen LogP contribution in [0.25, 0.3) is 0 Å². The molecule has 41 heavy (non-hydrogen) atoms. The van der Waals surface area contributed by atoms with Gasteiger partial charge in [-0.3, -0.25) is 29.4 Å². The largest absolute Gasteiger partial charge is 0.487 e. The first-order valence-corrected chi connectivity index (χ1v) is 14.0. The van der Waals surface area contributed by atoms with Crippen molar-refractivity contribution in [2.75, 3.05) is 13.1 Å². The van der Waals surface area contributed by atoms with E-state index in [9.17, 15) is 19.2 Å². The Kier molecular flexibility index (Phi) is 7.52. The topological polar surface area (TPSA) is 108 Å². The average molecular weight is 553 g/mol. The number of nitrogens with zero attached hydrogens (tertiary/aromatic N) is 2. The third-order valence-corrected chi connectivity index (χ3v) is 8.03. The van der Waals surface area contributed by atoms with E-state index >= 15 is 0 Å². The summed E-state index contributed by atoms with van der Waals surface area (Å²) in [7, 11) is 0. The normalized spacial score (nSPS) is 22.7. The summed E-state index contributed by atoms with van der Waals surface area (Å²) >= 11 is 0. The molecule has 3 aromatic carbocycles. The lowest BCUT2D eigenvalue weighted by Gasteiger charge is -2.39. The van der Waals surface area contributed by atoms with Crippen molar-refractivity contribution in [3.05, 3.63) is 101 Å². The molecule has 1 unspecified atom stereocenters. The molecule has 0 spiro atoms. The number of piperidine rings is 2. The molecule has 2 fully saturated rings. The minimum atomic E-state index is -0.667. The van der Waals surface area contributed by atoms with Gasteiger partial charge in [0.05, 0.1) is 6.04 Å². The van der Waals surface area contributed by atoms with E-state index in [1.54, 1.807) is 24.3 Å². The van der Waals surface area contributed by atoms with E-state index in [0.717, 1.165) is 25.1 Å². The van der Waals surface area contributed by atoms with E-state index in [-0.39, 0.29) is 42.8 Å². The molecule has 3 atom stereocenters. The van der Waals surface area contributed by atoms with Crippen molar-refractivity contribution in [3.8, 4) is 5.75 Å². The number of imide groups is 1. The molecule has 3 heterocycles. The lowest BCUT2D eigenvalue weighted by Crippen LogP contribution is -2.56. The third kappa shape index (κ3) is 5.85. The Labute approximate surface area is 238 Å². The van der Waals surface area contributed by atoms with E-state index in [2.05, 4.69) is 27.7 Å². The molecule has 4 amide bonds. The molecule has 0 bridgehead atoms. The quantitative estimate of drug-likeness (QED) is 0.437. The van der Waals surface area contributed by atoms with E-state index in [1.807, 2.05) is 42.5 Å². The van der Waals surface area contributed by atoms with Gasteiger partial charge in [0.15, 0.2) is 0 Å².